The Bertz CT molecular complexity index is 6270. The van der Waals surface area contributed by atoms with Crippen LogP contribution in [0.4, 0.5) is 0 Å². The van der Waals surface area contributed by atoms with E-state index >= 15 is 0 Å². The minimum Gasteiger partial charge on any atom is -0.452 e. The quantitative estimate of drug-likeness (QED) is 0.0683. The van der Waals surface area contributed by atoms with Gasteiger partial charge in [-0.3, -0.25) is 14.0 Å². The number of aliphatic imine (C=N–C) groups is 3. The lowest BCUT2D eigenvalue weighted by Gasteiger charge is -2.16. The molecule has 11 aromatic rings. The number of H-pyrrole nitrogens is 9. The highest BCUT2D eigenvalue weighted by Crippen LogP contribution is 2.36. The van der Waals surface area contributed by atoms with Crippen molar-refractivity contribution in [1.82, 2.24) is 84.7 Å². The van der Waals surface area contributed by atoms with Crippen LogP contribution < -0.4 is 5.73 Å². The van der Waals surface area contributed by atoms with Crippen LogP contribution in [0.1, 0.15) is 392 Å². The van der Waals surface area contributed by atoms with Gasteiger partial charge in [-0.05, 0) is 72.3 Å². The molecule has 0 spiro atoms. The standard InChI is InChI=1S/C11H14N2.C10H13N.C10H12O.C9H13N3.C9H12N2.C9H15NO2S.C9H15NOS.C9H15NS.C8H13N3O.C8H14N2.C7H11BrN2.C7H10Cl2N2.C7H11ClN2/c1-11(2,3)10-12-8-6-4-5-7-9(8)13-10;1-5-8-6-9(11-7-8)10(2,3)4;1-5-8-6-7-9(11-8)10(2,3)4;1-6-7(5-10)12-8(11-6)9(2,3)4;1-5-7-6-10-8(11-7)9(2,3)4;1-9(2,3)7-5-6-8(10-7)13(4,11)12;1-9(2,3)7-5-6-8(10-7)12(4)11;1-9(2,3)7-5-6-8(10-7)11-4;1-8(2,3)7-10-4-5(11-7)6(9)12;1-6-5-9-7(10-6)8(2,3)4;1-7(2,3)6-9-4-5(8)10-6;1-7(2,3)6-10-4(8)5(9)11-6;1-7(2,3)6-9-4-5(8)10-6/h4-7H,1-3H3,(H,12,13);1,6-7,11H,2-4H3;1,6-7H,2-4H3;1-4H3,(H,11,12);1,6H,2-4H3,(H,10,11);5H,6H2,1-4H3;5H,6H2,1-4H3;5H,6H2,1-4H3;4H,1-3H3,(H2,9,12)(H,10,11);5H,1-4H3,(H,9,10);4H,1-3H3,(H,9,10);1-3H3,(H,10,11);4H,1-3H3,(H,9,10). The average molecular weight is 2200 g/mol. The molecule has 0 bridgehead atoms. The normalized spacial score (nSPS) is 13.4. The number of furan rings is 1. The zero-order valence-corrected chi connectivity index (χ0v) is 102. The Balaban J connectivity index is 0.000000538. The Labute approximate surface area is 909 Å². The number of allylic oxidation sites excluding steroid dienone is 6. The van der Waals surface area contributed by atoms with Gasteiger partial charge in [-0.1, -0.05) is 347 Å². The van der Waals surface area contributed by atoms with E-state index in [9.17, 15) is 17.4 Å². The summed E-state index contributed by atoms with van der Waals surface area (Å²) < 4.78 is 39.7. The third-order valence-corrected chi connectivity index (χ3v) is 24.6. The molecule has 806 valence electrons. The lowest BCUT2D eigenvalue weighted by Crippen LogP contribution is -2.15. The van der Waals surface area contributed by atoms with Crippen LogP contribution >= 0.6 is 62.5 Å². The second kappa shape index (κ2) is 54.7. The Hall–Kier alpha value is -10.6. The average Bonchev–Trinajstić information content (AvgIpc) is 1.66. The van der Waals surface area contributed by atoms with Crippen molar-refractivity contribution in [2.45, 2.75) is 357 Å². The summed E-state index contributed by atoms with van der Waals surface area (Å²) in [6.07, 6.45) is 39.2. The van der Waals surface area contributed by atoms with E-state index in [-0.39, 0.29) is 75.4 Å². The number of thioether (sulfide) groups is 1. The van der Waals surface area contributed by atoms with Crippen LogP contribution in [0, 0.1) is 78.5 Å². The number of hydrogen-bond acceptors (Lipinski definition) is 18. The summed E-state index contributed by atoms with van der Waals surface area (Å²) in [7, 11) is -4.00. The molecular formula is C113H168BrCl3N22O5S3. The molecule has 1 amide bonds. The number of aromatic amines is 9. The maximum Gasteiger partial charge on any atom is 0.266 e. The van der Waals surface area contributed by atoms with Gasteiger partial charge in [0.2, 0.25) is 0 Å². The first-order valence-corrected chi connectivity index (χ1v) is 55.0. The van der Waals surface area contributed by atoms with Crippen LogP contribution in [0.25, 0.3) is 11.0 Å². The van der Waals surface area contributed by atoms with E-state index in [0.29, 0.717) is 39.0 Å². The Morgan fingerprint density at radius 2 is 0.939 bits per heavy atom. The van der Waals surface area contributed by atoms with Crippen LogP contribution in [-0.2, 0) is 74.8 Å². The first kappa shape index (κ1) is 132. The molecular weight excluding hydrogens is 2030 g/mol. The molecule has 0 saturated carbocycles. The number of amides is 1. The molecule has 147 heavy (non-hydrogen) atoms. The Kier molecular flexibility index (Phi) is 49.3. The fourth-order valence-corrected chi connectivity index (χ4v) is 13.9. The fraction of sp³-hybridized carbons (Fsp3) is 0.531. The van der Waals surface area contributed by atoms with Gasteiger partial charge in [0.05, 0.1) is 51.7 Å². The molecule has 13 heterocycles. The lowest BCUT2D eigenvalue weighted by atomic mass is 9.92. The molecule has 1 unspecified atom stereocenters. The number of aromatic nitrogens is 17. The minimum atomic E-state index is -3.10. The number of halogens is 4. The number of fused-ring (bicyclic) bond motifs is 1. The zero-order chi connectivity index (χ0) is 114. The summed E-state index contributed by atoms with van der Waals surface area (Å²) in [6.45, 7) is 85.7. The van der Waals surface area contributed by atoms with Crippen molar-refractivity contribution in [3.05, 3.63) is 233 Å². The SMILES string of the molecule is C#Cc1c[nH]c(C(C)(C)C)c1.C#Cc1ccc(C(C)(C)C)o1.C#Cc1cnc(C(C)(C)C)[nH]1.CC(C)(C)C1=CCC(S(C)(=O)=O)=N1.CC(C)(C)c1nc(Cl)c(Cl)[nH]1.CC(C)(C)c1nc2ccccc2[nH]1.CC(C)(C)c1ncc(Br)[nH]1.CC(C)(C)c1ncc(C(N)=O)[nH]1.CC(C)(C)c1ncc(Cl)[nH]1.CS(=O)C1=NC(C(C)(C)C)=CC1.CSC1=NC(C(C)(C)C)=CC1.Cc1[nH]c(C(C)(C)C)nc1C#N.Cc1cnc(C(C)(C)C)[nH]1. The van der Waals surface area contributed by atoms with Gasteiger partial charge in [0.1, 0.15) is 94.8 Å². The van der Waals surface area contributed by atoms with E-state index in [1.807, 2.05) is 137 Å². The lowest BCUT2D eigenvalue weighted by molar-refractivity contribution is 0.0995. The van der Waals surface area contributed by atoms with Gasteiger partial charge in [0.25, 0.3) is 5.91 Å². The van der Waals surface area contributed by atoms with Crippen molar-refractivity contribution in [1.29, 1.82) is 5.26 Å². The zero-order valence-electron chi connectivity index (χ0n) is 95.8. The van der Waals surface area contributed by atoms with E-state index in [2.05, 4.69) is 366 Å². The highest BCUT2D eigenvalue weighted by molar-refractivity contribution is 9.10. The van der Waals surface area contributed by atoms with Crippen molar-refractivity contribution in [3.63, 3.8) is 0 Å². The minimum absolute atomic E-state index is 0.0140. The van der Waals surface area contributed by atoms with Crippen molar-refractivity contribution < 1.29 is 21.8 Å². The number of imidazole rings is 8. The number of nitrogens with two attached hydrogens (primary N) is 1. The van der Waals surface area contributed by atoms with Gasteiger partial charge in [-0.2, -0.15) is 5.26 Å². The predicted octanol–water partition coefficient (Wildman–Crippen LogP) is 28.9. The number of primary amides is 1. The smallest absolute Gasteiger partial charge is 0.266 e. The summed E-state index contributed by atoms with van der Waals surface area (Å²) in [5.74, 6) is 16.1. The molecule has 14 rings (SSSR count). The number of nitriles is 1. The van der Waals surface area contributed by atoms with Gasteiger partial charge >= 0.3 is 0 Å². The second-order valence-corrected chi connectivity index (χ2v) is 54.9. The largest absolute Gasteiger partial charge is 0.452 e. The second-order valence-electron chi connectivity index (χ2n) is 48.7. The summed E-state index contributed by atoms with van der Waals surface area (Å²) in [6, 6.07) is 15.9. The number of nitrogens with zero attached hydrogens (tertiary/aromatic N) is 12. The molecule has 0 saturated heterocycles. The van der Waals surface area contributed by atoms with Crippen LogP contribution in [0.2, 0.25) is 15.5 Å². The highest BCUT2D eigenvalue weighted by atomic mass is 79.9. The van der Waals surface area contributed by atoms with Crippen molar-refractivity contribution in [3.8, 4) is 43.1 Å². The third kappa shape index (κ3) is 47.8. The summed E-state index contributed by atoms with van der Waals surface area (Å²) >= 11 is 22.1. The van der Waals surface area contributed by atoms with Crippen LogP contribution in [-0.4, -0.2) is 137 Å². The molecule has 1 atom stereocenters. The number of nitrogens with one attached hydrogen (secondary N) is 9. The molecule has 34 heteroatoms. The molecule has 27 nitrogen and oxygen atoms in total. The van der Waals surface area contributed by atoms with E-state index in [1.165, 1.54) is 28.9 Å². The number of aryl methyl sites for hydroxylation is 2. The first-order valence-electron chi connectivity index (χ1n) is 48.4. The molecule has 10 aromatic heterocycles. The summed E-state index contributed by atoms with van der Waals surface area (Å²) in [4.78, 5) is 84.9. The number of terminal acetylenes is 3. The van der Waals surface area contributed by atoms with Crippen LogP contribution in [0.3, 0.4) is 0 Å². The molecule has 0 fully saturated rings. The highest BCUT2D eigenvalue weighted by Gasteiger charge is 2.30. The van der Waals surface area contributed by atoms with E-state index in [1.54, 1.807) is 36.6 Å². The van der Waals surface area contributed by atoms with Crippen molar-refractivity contribution in [2.75, 3.05) is 18.8 Å². The number of hydrogen-bond donors (Lipinski definition) is 10. The van der Waals surface area contributed by atoms with Gasteiger partial charge in [0, 0.05) is 154 Å². The number of para-hydroxylation sites is 2. The maximum atomic E-state index is 11.1. The predicted molar refractivity (Wildman–Crippen MR) is 623 cm³/mol. The molecule has 3 aliphatic rings. The number of sulfone groups is 1. The monoisotopic (exact) mass is 2190 g/mol. The van der Waals surface area contributed by atoms with Gasteiger partial charge in [-0.15, -0.1) is 31.0 Å². The van der Waals surface area contributed by atoms with E-state index in [0.717, 1.165) is 120 Å². The number of carbonyl (C=O) groups is 1. The molecule has 1 aromatic carbocycles. The van der Waals surface area contributed by atoms with Gasteiger partial charge in [-0.25, -0.2) is 58.3 Å². The number of benzene rings is 1. The Morgan fingerprint density at radius 3 is 1.21 bits per heavy atom. The number of carbonyl (C=O) groups excluding carboxylic acids is 1. The summed E-state index contributed by atoms with van der Waals surface area (Å²) in [5, 5.41) is 12.4. The molecule has 0 radical (unpaired) electrons. The molecule has 11 N–H and O–H groups in total. The fourth-order valence-electron chi connectivity index (χ4n) is 11.6. The van der Waals surface area contributed by atoms with Gasteiger partial charge < -0.3 is 55.0 Å². The van der Waals surface area contributed by atoms with Crippen LogP contribution in [0.15, 0.2) is 139 Å². The number of rotatable bonds is 1. The van der Waals surface area contributed by atoms with E-state index < -0.39 is 26.5 Å². The summed E-state index contributed by atoms with van der Waals surface area (Å²) in [5.41, 5.74) is 16.9. The van der Waals surface area contributed by atoms with Gasteiger partial charge in [0.15, 0.2) is 26.4 Å². The molecule has 0 aliphatic carbocycles. The van der Waals surface area contributed by atoms with Crippen LogP contribution in [0.5, 0.6) is 0 Å². The first-order chi connectivity index (χ1) is 66.6. The van der Waals surface area contributed by atoms with E-state index in [4.69, 9.17) is 69.5 Å². The molecule has 3 aliphatic heterocycles. The van der Waals surface area contributed by atoms with Crippen molar-refractivity contribution >= 4 is 115 Å². The van der Waals surface area contributed by atoms with Crippen molar-refractivity contribution in [2.24, 2.45) is 37.0 Å². The third-order valence-electron chi connectivity index (χ3n) is 20.6. The Morgan fingerprint density at radius 1 is 0.490 bits per heavy atom. The maximum absolute atomic E-state index is 11.1. The topological polar surface area (TPSA) is 414 Å².